The van der Waals surface area contributed by atoms with Crippen LogP contribution in [-0.4, -0.2) is 25.5 Å². The van der Waals surface area contributed by atoms with E-state index in [0.29, 0.717) is 5.69 Å². The highest BCUT2D eigenvalue weighted by atomic mass is 35.5. The maximum atomic E-state index is 12.2. The van der Waals surface area contributed by atoms with E-state index in [4.69, 9.17) is 22.1 Å². The molecule has 0 aliphatic carbocycles. The highest BCUT2D eigenvalue weighted by Gasteiger charge is 2.18. The lowest BCUT2D eigenvalue weighted by molar-refractivity contribution is 0.398. The number of halogens is 1. The van der Waals surface area contributed by atoms with Crippen LogP contribution in [0, 0.1) is 0 Å². The van der Waals surface area contributed by atoms with Gasteiger partial charge in [-0.05, 0) is 24.3 Å². The lowest BCUT2D eigenvalue weighted by atomic mass is 10.3. The third-order valence-electron chi connectivity index (χ3n) is 2.33. The molecule has 0 aliphatic rings. The Hall–Kier alpha value is -2.06. The molecule has 1 aromatic carbocycles. The topological polar surface area (TPSA) is 107 Å². The third kappa shape index (κ3) is 3.09. The maximum Gasteiger partial charge on any atom is 0.263 e. The molecule has 2 rings (SSSR count). The Morgan fingerprint density at radius 1 is 1.30 bits per heavy atom. The summed E-state index contributed by atoms with van der Waals surface area (Å²) in [7, 11) is -2.47. The van der Waals surface area contributed by atoms with E-state index in [1.807, 2.05) is 0 Å². The molecule has 0 fully saturated rings. The largest absolute Gasteiger partial charge is 0.478 e. The van der Waals surface area contributed by atoms with Crippen molar-refractivity contribution in [3.8, 4) is 5.88 Å². The zero-order valence-electron chi connectivity index (χ0n) is 10.4. The van der Waals surface area contributed by atoms with Gasteiger partial charge in [0.15, 0.2) is 5.15 Å². The second-order valence-corrected chi connectivity index (χ2v) is 5.79. The van der Waals surface area contributed by atoms with E-state index in [2.05, 4.69) is 14.7 Å². The summed E-state index contributed by atoms with van der Waals surface area (Å²) in [5.74, 6) is -0.0646. The summed E-state index contributed by atoms with van der Waals surface area (Å²) in [4.78, 5) is 7.71. The van der Waals surface area contributed by atoms with Crippen LogP contribution >= 0.6 is 11.6 Å². The van der Waals surface area contributed by atoms with Gasteiger partial charge in [0.2, 0.25) is 5.82 Å². The Labute approximate surface area is 120 Å². The van der Waals surface area contributed by atoms with Crippen LogP contribution in [0.25, 0.3) is 0 Å². The lowest BCUT2D eigenvalue weighted by Gasteiger charge is -2.10. The van der Waals surface area contributed by atoms with Gasteiger partial charge < -0.3 is 10.5 Å². The Morgan fingerprint density at radius 3 is 2.55 bits per heavy atom. The van der Waals surface area contributed by atoms with Gasteiger partial charge in [-0.15, -0.1) is 0 Å². The second-order valence-electron chi connectivity index (χ2n) is 3.73. The number of methoxy groups -OCH3 is 1. The van der Waals surface area contributed by atoms with Crippen molar-refractivity contribution in [2.24, 2.45) is 0 Å². The average Bonchev–Trinajstić information content (AvgIpc) is 2.41. The van der Waals surface area contributed by atoms with Gasteiger partial charge >= 0.3 is 0 Å². The molecule has 0 spiro atoms. The van der Waals surface area contributed by atoms with E-state index in [0.717, 1.165) is 0 Å². The number of nitrogen functional groups attached to an aromatic ring is 1. The third-order valence-corrected chi connectivity index (χ3v) is 3.86. The van der Waals surface area contributed by atoms with Crippen molar-refractivity contribution in [1.82, 2.24) is 9.97 Å². The first kappa shape index (κ1) is 14.4. The van der Waals surface area contributed by atoms with Crippen molar-refractivity contribution < 1.29 is 13.2 Å². The van der Waals surface area contributed by atoms with E-state index >= 15 is 0 Å². The molecule has 9 heteroatoms. The molecule has 0 amide bonds. The number of hydrogen-bond acceptors (Lipinski definition) is 6. The predicted molar refractivity (Wildman–Crippen MR) is 75.3 cm³/mol. The first-order valence-electron chi connectivity index (χ1n) is 5.37. The fourth-order valence-corrected chi connectivity index (χ4v) is 2.53. The minimum absolute atomic E-state index is 0.0171. The predicted octanol–water partition coefficient (Wildman–Crippen LogP) is 1.52. The fourth-order valence-electron chi connectivity index (χ4n) is 1.40. The van der Waals surface area contributed by atoms with Crippen molar-refractivity contribution in [2.45, 2.75) is 4.90 Å². The van der Waals surface area contributed by atoms with E-state index in [1.165, 1.54) is 37.6 Å². The van der Waals surface area contributed by atoms with Crippen LogP contribution in [0.15, 0.2) is 35.4 Å². The monoisotopic (exact) mass is 314 g/mol. The number of rotatable bonds is 4. The summed E-state index contributed by atoms with van der Waals surface area (Å²) in [5.41, 5.74) is 5.98. The SMILES string of the molecule is COc1nc(Cl)cnc1NS(=O)(=O)c1ccc(N)cc1. The molecule has 1 heterocycles. The van der Waals surface area contributed by atoms with Crippen molar-refractivity contribution in [2.75, 3.05) is 17.6 Å². The van der Waals surface area contributed by atoms with Crippen LogP contribution in [-0.2, 0) is 10.0 Å². The average molecular weight is 315 g/mol. The van der Waals surface area contributed by atoms with Gasteiger partial charge in [0.05, 0.1) is 18.2 Å². The quantitative estimate of drug-likeness (QED) is 0.828. The van der Waals surface area contributed by atoms with Crippen molar-refractivity contribution in [3.63, 3.8) is 0 Å². The molecule has 7 nitrogen and oxygen atoms in total. The van der Waals surface area contributed by atoms with E-state index < -0.39 is 10.0 Å². The summed E-state index contributed by atoms with van der Waals surface area (Å²) in [5, 5.41) is 0.0947. The van der Waals surface area contributed by atoms with Gasteiger partial charge in [-0.2, -0.15) is 4.98 Å². The number of sulfonamides is 1. The number of nitrogens with two attached hydrogens (primary N) is 1. The number of benzene rings is 1. The van der Waals surface area contributed by atoms with Crippen molar-refractivity contribution >= 4 is 33.1 Å². The zero-order valence-corrected chi connectivity index (χ0v) is 11.9. The molecule has 2 aromatic rings. The molecule has 0 saturated heterocycles. The van der Waals surface area contributed by atoms with Crippen molar-refractivity contribution in [1.29, 1.82) is 0 Å². The summed E-state index contributed by atoms with van der Waals surface area (Å²) in [6.07, 6.45) is 1.21. The molecule has 0 radical (unpaired) electrons. The molecule has 0 aliphatic heterocycles. The Kier molecular flexibility index (Phi) is 3.96. The Balaban J connectivity index is 2.35. The van der Waals surface area contributed by atoms with E-state index in [1.54, 1.807) is 0 Å². The normalized spacial score (nSPS) is 11.1. The number of nitrogens with one attached hydrogen (secondary N) is 1. The smallest absolute Gasteiger partial charge is 0.263 e. The fraction of sp³-hybridized carbons (Fsp3) is 0.0909. The van der Waals surface area contributed by atoms with Gasteiger partial charge in [-0.3, -0.25) is 4.72 Å². The minimum Gasteiger partial charge on any atom is -0.478 e. The summed E-state index contributed by atoms with van der Waals surface area (Å²) in [6.45, 7) is 0. The molecule has 3 N–H and O–H groups in total. The lowest BCUT2D eigenvalue weighted by Crippen LogP contribution is -2.15. The highest BCUT2D eigenvalue weighted by Crippen LogP contribution is 2.23. The van der Waals surface area contributed by atoms with Gasteiger partial charge in [-0.1, -0.05) is 11.6 Å². The van der Waals surface area contributed by atoms with Crippen LogP contribution in [0.2, 0.25) is 5.15 Å². The van der Waals surface area contributed by atoms with Gasteiger partial charge in [-0.25, -0.2) is 13.4 Å². The summed E-state index contributed by atoms with van der Waals surface area (Å²) < 4.78 is 31.5. The molecule has 0 unspecified atom stereocenters. The Morgan fingerprint density at radius 2 is 1.95 bits per heavy atom. The number of anilines is 2. The van der Waals surface area contributed by atoms with Crippen LogP contribution in [0.1, 0.15) is 0 Å². The summed E-state index contributed by atoms with van der Waals surface area (Å²) in [6, 6.07) is 5.74. The van der Waals surface area contributed by atoms with Crippen LogP contribution in [0.4, 0.5) is 11.5 Å². The highest BCUT2D eigenvalue weighted by molar-refractivity contribution is 7.92. The molecule has 0 atom stereocenters. The Bertz CT molecular complexity index is 719. The van der Waals surface area contributed by atoms with Crippen LogP contribution in [0.3, 0.4) is 0 Å². The summed E-state index contributed by atoms with van der Waals surface area (Å²) >= 11 is 5.66. The minimum atomic E-state index is -3.81. The molecular weight excluding hydrogens is 304 g/mol. The molecule has 0 bridgehead atoms. The molecule has 106 valence electrons. The number of nitrogens with zero attached hydrogens (tertiary/aromatic N) is 2. The molecule has 0 saturated carbocycles. The number of hydrogen-bond donors (Lipinski definition) is 2. The van der Waals surface area contributed by atoms with Gasteiger partial charge in [0, 0.05) is 5.69 Å². The van der Waals surface area contributed by atoms with Gasteiger partial charge in [0.25, 0.3) is 15.9 Å². The molecule has 20 heavy (non-hydrogen) atoms. The molecule has 1 aromatic heterocycles. The number of aromatic nitrogens is 2. The van der Waals surface area contributed by atoms with Gasteiger partial charge in [0.1, 0.15) is 0 Å². The van der Waals surface area contributed by atoms with E-state index in [9.17, 15) is 8.42 Å². The standard InChI is InChI=1S/C11H11ClN4O3S/c1-19-11-10(14-6-9(12)15-11)16-20(17,18)8-4-2-7(13)3-5-8/h2-6H,13H2,1H3,(H,14,16). The van der Waals surface area contributed by atoms with Crippen LogP contribution < -0.4 is 15.2 Å². The molecular formula is C11H11ClN4O3S. The first-order valence-corrected chi connectivity index (χ1v) is 7.23. The van der Waals surface area contributed by atoms with Crippen LogP contribution in [0.5, 0.6) is 5.88 Å². The van der Waals surface area contributed by atoms with E-state index in [-0.39, 0.29) is 21.7 Å². The first-order chi connectivity index (χ1) is 9.42. The maximum absolute atomic E-state index is 12.2. The second kappa shape index (κ2) is 5.51. The number of ether oxygens (including phenoxy) is 1. The zero-order chi connectivity index (χ0) is 14.8. The van der Waals surface area contributed by atoms with Crippen molar-refractivity contribution in [3.05, 3.63) is 35.6 Å².